The van der Waals surface area contributed by atoms with Crippen LogP contribution in [0.5, 0.6) is 17.2 Å². The number of nitrogens with one attached hydrogen (secondary N) is 1. The van der Waals surface area contributed by atoms with Crippen molar-refractivity contribution in [3.8, 4) is 17.2 Å². The molecule has 1 aromatic carbocycles. The van der Waals surface area contributed by atoms with E-state index in [0.717, 1.165) is 0 Å². The van der Waals surface area contributed by atoms with Crippen LogP contribution in [0.15, 0.2) is 16.5 Å². The highest BCUT2D eigenvalue weighted by molar-refractivity contribution is 6.12. The lowest BCUT2D eigenvalue weighted by atomic mass is 10.1. The quantitative estimate of drug-likeness (QED) is 0.591. The molecule has 1 N–H and O–H groups in total. The zero-order chi connectivity index (χ0) is 23.1. The van der Waals surface area contributed by atoms with E-state index in [-0.39, 0.29) is 53.0 Å². The van der Waals surface area contributed by atoms with Crippen LogP contribution >= 0.6 is 0 Å². The third-order valence-corrected chi connectivity index (χ3v) is 4.20. The Hall–Kier alpha value is -3.69. The molecule has 0 saturated heterocycles. The Morgan fingerprint density at radius 2 is 1.39 bits per heavy atom. The molecule has 1 amide bonds. The van der Waals surface area contributed by atoms with Crippen molar-refractivity contribution in [2.24, 2.45) is 0 Å². The SMILES string of the molecule is CCOC(=O)c1c(C)oc(NC(=O)c2cc(OC)c(OC)c(OC)c2)c1C(=O)OCC. The molecule has 168 valence electrons. The molecule has 0 aliphatic carbocycles. The largest absolute Gasteiger partial charge is 0.493 e. The van der Waals surface area contributed by atoms with E-state index in [0.29, 0.717) is 5.75 Å². The van der Waals surface area contributed by atoms with E-state index in [2.05, 4.69) is 5.32 Å². The van der Waals surface area contributed by atoms with Gasteiger partial charge in [0.05, 0.1) is 34.5 Å². The van der Waals surface area contributed by atoms with Gasteiger partial charge in [0.15, 0.2) is 11.5 Å². The van der Waals surface area contributed by atoms with Crippen molar-refractivity contribution in [3.05, 3.63) is 34.6 Å². The fourth-order valence-electron chi connectivity index (χ4n) is 2.87. The summed E-state index contributed by atoms with van der Waals surface area (Å²) >= 11 is 0. The summed E-state index contributed by atoms with van der Waals surface area (Å²) in [4.78, 5) is 37.8. The van der Waals surface area contributed by atoms with Gasteiger partial charge in [-0.15, -0.1) is 0 Å². The van der Waals surface area contributed by atoms with Gasteiger partial charge in [-0.1, -0.05) is 0 Å². The molecule has 0 unspecified atom stereocenters. The summed E-state index contributed by atoms with van der Waals surface area (Å²) in [7, 11) is 4.27. The molecular weight excluding hydrogens is 410 g/mol. The van der Waals surface area contributed by atoms with Crippen molar-refractivity contribution in [1.29, 1.82) is 0 Å². The van der Waals surface area contributed by atoms with Gasteiger partial charge in [0, 0.05) is 5.56 Å². The van der Waals surface area contributed by atoms with E-state index in [1.54, 1.807) is 13.8 Å². The third-order valence-electron chi connectivity index (χ3n) is 4.20. The molecule has 2 rings (SSSR count). The highest BCUT2D eigenvalue weighted by Gasteiger charge is 2.31. The number of furan rings is 1. The molecule has 1 aromatic heterocycles. The summed E-state index contributed by atoms with van der Waals surface area (Å²) in [5, 5.41) is 2.50. The minimum Gasteiger partial charge on any atom is -0.493 e. The number of hydrogen-bond acceptors (Lipinski definition) is 9. The highest BCUT2D eigenvalue weighted by Crippen LogP contribution is 2.38. The maximum absolute atomic E-state index is 12.9. The highest BCUT2D eigenvalue weighted by atomic mass is 16.5. The van der Waals surface area contributed by atoms with E-state index in [9.17, 15) is 14.4 Å². The summed E-state index contributed by atoms with van der Waals surface area (Å²) in [5.74, 6) is -1.54. The summed E-state index contributed by atoms with van der Waals surface area (Å²) < 4.78 is 31.3. The van der Waals surface area contributed by atoms with Crippen LogP contribution in [0, 0.1) is 6.92 Å². The van der Waals surface area contributed by atoms with Crippen molar-refractivity contribution in [1.82, 2.24) is 0 Å². The fourth-order valence-corrected chi connectivity index (χ4v) is 2.87. The van der Waals surface area contributed by atoms with Gasteiger partial charge >= 0.3 is 11.9 Å². The van der Waals surface area contributed by atoms with Crippen molar-refractivity contribution in [2.75, 3.05) is 39.9 Å². The molecule has 2 aromatic rings. The molecule has 0 spiro atoms. The number of carbonyl (C=O) groups excluding carboxylic acids is 3. The first-order valence-electron chi connectivity index (χ1n) is 9.41. The van der Waals surface area contributed by atoms with Crippen LogP contribution in [0.2, 0.25) is 0 Å². The number of hydrogen-bond donors (Lipinski definition) is 1. The minimum absolute atomic E-state index is 0.0611. The zero-order valence-corrected chi connectivity index (χ0v) is 18.2. The second-order valence-corrected chi connectivity index (χ2v) is 6.05. The Morgan fingerprint density at radius 3 is 1.84 bits per heavy atom. The van der Waals surface area contributed by atoms with Gasteiger partial charge in [-0.05, 0) is 32.9 Å². The second kappa shape index (κ2) is 10.4. The smallest absolute Gasteiger partial charge is 0.344 e. The van der Waals surface area contributed by atoms with Crippen LogP contribution in [0.1, 0.15) is 50.7 Å². The third kappa shape index (κ3) is 4.90. The molecule has 1 heterocycles. The monoisotopic (exact) mass is 435 g/mol. The Balaban J connectivity index is 2.51. The maximum atomic E-state index is 12.9. The molecule has 10 nitrogen and oxygen atoms in total. The average molecular weight is 435 g/mol. The lowest BCUT2D eigenvalue weighted by molar-refractivity contribution is 0.0480. The number of methoxy groups -OCH3 is 3. The summed E-state index contributed by atoms with van der Waals surface area (Å²) in [5.41, 5.74) is -0.199. The van der Waals surface area contributed by atoms with Crippen LogP contribution in [0.25, 0.3) is 0 Å². The van der Waals surface area contributed by atoms with Crippen molar-refractivity contribution < 1.29 is 42.5 Å². The number of anilines is 1. The molecular formula is C21H25NO9. The second-order valence-electron chi connectivity index (χ2n) is 6.05. The molecule has 0 radical (unpaired) electrons. The van der Waals surface area contributed by atoms with Gasteiger partial charge in [-0.3, -0.25) is 10.1 Å². The average Bonchev–Trinajstić information content (AvgIpc) is 3.08. The fraction of sp³-hybridized carbons (Fsp3) is 0.381. The van der Waals surface area contributed by atoms with Gasteiger partial charge in [0.2, 0.25) is 11.6 Å². The first kappa shape index (κ1) is 23.6. The molecule has 31 heavy (non-hydrogen) atoms. The lowest BCUT2D eigenvalue weighted by Crippen LogP contribution is -2.17. The van der Waals surface area contributed by atoms with E-state index in [1.165, 1.54) is 40.4 Å². The van der Waals surface area contributed by atoms with Crippen LogP contribution in [0.4, 0.5) is 5.88 Å². The Bertz CT molecular complexity index is 952. The lowest BCUT2D eigenvalue weighted by Gasteiger charge is -2.14. The first-order chi connectivity index (χ1) is 14.8. The van der Waals surface area contributed by atoms with E-state index in [1.807, 2.05) is 0 Å². The maximum Gasteiger partial charge on any atom is 0.344 e. The van der Waals surface area contributed by atoms with Gasteiger partial charge in [-0.25, -0.2) is 9.59 Å². The predicted molar refractivity (Wildman–Crippen MR) is 109 cm³/mol. The molecule has 0 aliphatic heterocycles. The standard InChI is InChI=1S/C21H25NO9/c1-7-29-20(24)15-11(3)31-19(16(15)21(25)30-8-2)22-18(23)12-9-13(26-4)17(28-6)14(10-12)27-5/h9-10H,7-8H2,1-6H3,(H,22,23). The zero-order valence-electron chi connectivity index (χ0n) is 18.2. The predicted octanol–water partition coefficient (Wildman–Crippen LogP) is 3.22. The topological polar surface area (TPSA) is 123 Å². The van der Waals surface area contributed by atoms with Crippen LogP contribution < -0.4 is 19.5 Å². The number of aryl methyl sites for hydroxylation is 1. The van der Waals surface area contributed by atoms with Crippen molar-refractivity contribution in [2.45, 2.75) is 20.8 Å². The Kier molecular flexibility index (Phi) is 7.89. The van der Waals surface area contributed by atoms with Crippen LogP contribution in [0.3, 0.4) is 0 Å². The number of rotatable bonds is 9. The van der Waals surface area contributed by atoms with Crippen LogP contribution in [-0.4, -0.2) is 52.4 Å². The summed E-state index contributed by atoms with van der Waals surface area (Å²) in [6.45, 7) is 4.88. The summed E-state index contributed by atoms with van der Waals surface area (Å²) in [6, 6.07) is 2.87. The van der Waals surface area contributed by atoms with Crippen molar-refractivity contribution >= 4 is 23.7 Å². The molecule has 0 fully saturated rings. The van der Waals surface area contributed by atoms with Gasteiger partial charge in [0.1, 0.15) is 16.9 Å². The number of amides is 1. The molecule has 0 saturated carbocycles. The normalized spacial score (nSPS) is 10.3. The molecule has 0 bridgehead atoms. The Morgan fingerprint density at radius 1 is 0.871 bits per heavy atom. The minimum atomic E-state index is -0.831. The Labute approximate surface area is 179 Å². The first-order valence-corrected chi connectivity index (χ1v) is 9.41. The van der Waals surface area contributed by atoms with Gasteiger partial charge in [-0.2, -0.15) is 0 Å². The van der Waals surface area contributed by atoms with E-state index >= 15 is 0 Å². The number of benzene rings is 1. The number of carbonyl (C=O) groups is 3. The van der Waals surface area contributed by atoms with Crippen molar-refractivity contribution in [3.63, 3.8) is 0 Å². The molecule has 0 aliphatic rings. The molecule has 10 heteroatoms. The van der Waals surface area contributed by atoms with Crippen LogP contribution in [-0.2, 0) is 9.47 Å². The number of esters is 2. The van der Waals surface area contributed by atoms with E-state index < -0.39 is 17.8 Å². The number of ether oxygens (including phenoxy) is 5. The van der Waals surface area contributed by atoms with E-state index in [4.69, 9.17) is 28.1 Å². The van der Waals surface area contributed by atoms with Gasteiger partial charge in [0.25, 0.3) is 5.91 Å². The molecule has 0 atom stereocenters. The van der Waals surface area contributed by atoms with Gasteiger partial charge < -0.3 is 28.1 Å². The summed E-state index contributed by atoms with van der Waals surface area (Å²) in [6.07, 6.45) is 0.